The highest BCUT2D eigenvalue weighted by Gasteiger charge is 2.34. The van der Waals surface area contributed by atoms with Crippen LogP contribution in [0.2, 0.25) is 0 Å². The van der Waals surface area contributed by atoms with Gasteiger partial charge in [-0.05, 0) is 12.3 Å². The lowest BCUT2D eigenvalue weighted by Crippen LogP contribution is -2.11. The third-order valence-electron chi connectivity index (χ3n) is 2.75. The van der Waals surface area contributed by atoms with E-state index in [2.05, 4.69) is 16.0 Å². The Bertz CT molecular complexity index is 429. The fraction of sp³-hybridized carbons (Fsp3) is 0.545. The van der Waals surface area contributed by atoms with Crippen LogP contribution in [0.15, 0.2) is 12.4 Å². The maximum absolute atomic E-state index is 12.2. The second kappa shape index (κ2) is 4.32. The summed E-state index contributed by atoms with van der Waals surface area (Å²) in [5.74, 6) is -1.03. The van der Waals surface area contributed by atoms with E-state index in [-0.39, 0.29) is 0 Å². The molecule has 1 saturated carbocycles. The Balaban J connectivity index is 2.13. The van der Waals surface area contributed by atoms with Crippen LogP contribution < -0.4 is 0 Å². The van der Waals surface area contributed by atoms with Gasteiger partial charge in [0.15, 0.2) is 0 Å². The fourth-order valence-electron chi connectivity index (χ4n) is 1.61. The Hall–Kier alpha value is -1.64. The van der Waals surface area contributed by atoms with E-state index in [1.807, 2.05) is 0 Å². The maximum Gasteiger partial charge on any atom is 0.451 e. The molecule has 0 bridgehead atoms. The molecular formula is C11H10F3N3. The number of nitrogens with zero attached hydrogens (tertiary/aromatic N) is 3. The molecule has 1 aliphatic carbocycles. The Morgan fingerprint density at radius 3 is 2.35 bits per heavy atom. The Morgan fingerprint density at radius 2 is 1.94 bits per heavy atom. The number of hydrogen-bond donors (Lipinski definition) is 0. The number of rotatable bonds is 3. The summed E-state index contributed by atoms with van der Waals surface area (Å²) >= 11 is 0. The molecule has 0 saturated heterocycles. The van der Waals surface area contributed by atoms with E-state index in [9.17, 15) is 13.2 Å². The first kappa shape index (κ1) is 11.8. The van der Waals surface area contributed by atoms with E-state index in [0.717, 1.165) is 25.2 Å². The molecule has 6 heteroatoms. The molecule has 3 nitrogen and oxygen atoms in total. The van der Waals surface area contributed by atoms with Crippen molar-refractivity contribution < 1.29 is 13.2 Å². The standard InChI is InChI=1S/C11H10F3N3/c12-11(13,14)10-16-5-9(6-17-10)8(4-15)3-7-1-2-7/h5-8H,1-3H2/t8-/m1/s1. The van der Waals surface area contributed by atoms with Gasteiger partial charge in [0, 0.05) is 18.0 Å². The summed E-state index contributed by atoms with van der Waals surface area (Å²) in [6, 6.07) is 2.09. The topological polar surface area (TPSA) is 49.6 Å². The summed E-state index contributed by atoms with van der Waals surface area (Å²) in [7, 11) is 0. The van der Waals surface area contributed by atoms with Gasteiger partial charge < -0.3 is 0 Å². The lowest BCUT2D eigenvalue weighted by atomic mass is 9.97. The molecule has 0 amide bonds. The van der Waals surface area contributed by atoms with Crippen molar-refractivity contribution in [3.05, 3.63) is 23.8 Å². The molecule has 1 fully saturated rings. The number of alkyl halides is 3. The molecule has 0 aliphatic heterocycles. The highest BCUT2D eigenvalue weighted by atomic mass is 19.4. The van der Waals surface area contributed by atoms with Crippen LogP contribution in [0.3, 0.4) is 0 Å². The number of hydrogen-bond acceptors (Lipinski definition) is 3. The normalized spacial score (nSPS) is 17.5. The molecule has 0 unspecified atom stereocenters. The summed E-state index contributed by atoms with van der Waals surface area (Å²) in [4.78, 5) is 6.52. The van der Waals surface area contributed by atoms with Gasteiger partial charge in [-0.1, -0.05) is 12.8 Å². The van der Waals surface area contributed by atoms with Crippen LogP contribution in [0.4, 0.5) is 13.2 Å². The summed E-state index contributed by atoms with van der Waals surface area (Å²) in [6.45, 7) is 0. The Kier molecular flexibility index (Phi) is 3.01. The van der Waals surface area contributed by atoms with Gasteiger partial charge in [-0.15, -0.1) is 0 Å². The monoisotopic (exact) mass is 241 g/mol. The molecular weight excluding hydrogens is 231 g/mol. The van der Waals surface area contributed by atoms with Crippen LogP contribution in [0.1, 0.15) is 36.6 Å². The zero-order chi connectivity index (χ0) is 12.5. The predicted octanol–water partition coefficient (Wildman–Crippen LogP) is 2.90. The van der Waals surface area contributed by atoms with Crippen LogP contribution in [-0.2, 0) is 6.18 Å². The minimum absolute atomic E-state index is 0.398. The largest absolute Gasteiger partial charge is 0.451 e. The smallest absolute Gasteiger partial charge is 0.233 e. The lowest BCUT2D eigenvalue weighted by Gasteiger charge is -2.09. The molecule has 1 aliphatic rings. The minimum Gasteiger partial charge on any atom is -0.233 e. The van der Waals surface area contributed by atoms with Crippen molar-refractivity contribution in [2.24, 2.45) is 5.92 Å². The average molecular weight is 241 g/mol. The molecule has 2 rings (SSSR count). The van der Waals surface area contributed by atoms with Crippen molar-refractivity contribution in [3.8, 4) is 6.07 Å². The number of aromatic nitrogens is 2. The van der Waals surface area contributed by atoms with Crippen LogP contribution in [-0.4, -0.2) is 9.97 Å². The molecule has 1 heterocycles. The van der Waals surface area contributed by atoms with Crippen LogP contribution in [0.5, 0.6) is 0 Å². The van der Waals surface area contributed by atoms with Gasteiger partial charge in [0.2, 0.25) is 5.82 Å². The first-order valence-electron chi connectivity index (χ1n) is 5.29. The van der Waals surface area contributed by atoms with E-state index in [4.69, 9.17) is 5.26 Å². The highest BCUT2D eigenvalue weighted by molar-refractivity contribution is 5.20. The van der Waals surface area contributed by atoms with Crippen molar-refractivity contribution in [1.82, 2.24) is 9.97 Å². The lowest BCUT2D eigenvalue weighted by molar-refractivity contribution is -0.145. The fourth-order valence-corrected chi connectivity index (χ4v) is 1.61. The van der Waals surface area contributed by atoms with Gasteiger partial charge in [-0.2, -0.15) is 18.4 Å². The van der Waals surface area contributed by atoms with Crippen molar-refractivity contribution in [3.63, 3.8) is 0 Å². The summed E-state index contributed by atoms with van der Waals surface area (Å²) in [5.41, 5.74) is 0.465. The molecule has 0 spiro atoms. The van der Waals surface area contributed by atoms with Gasteiger partial charge in [0.1, 0.15) is 0 Å². The van der Waals surface area contributed by atoms with Crippen LogP contribution in [0, 0.1) is 17.2 Å². The zero-order valence-electron chi connectivity index (χ0n) is 8.91. The van der Waals surface area contributed by atoms with Gasteiger partial charge in [0.25, 0.3) is 0 Å². The van der Waals surface area contributed by atoms with Crippen molar-refractivity contribution in [2.75, 3.05) is 0 Å². The SMILES string of the molecule is N#C[C@@H](CC1CC1)c1cnc(C(F)(F)F)nc1. The predicted molar refractivity (Wildman–Crippen MR) is 52.7 cm³/mol. The summed E-state index contributed by atoms with van der Waals surface area (Å²) in [6.07, 6.45) is 0.555. The van der Waals surface area contributed by atoms with Gasteiger partial charge in [0.05, 0.1) is 12.0 Å². The minimum atomic E-state index is -4.53. The summed E-state index contributed by atoms with van der Waals surface area (Å²) in [5, 5.41) is 8.96. The van der Waals surface area contributed by atoms with Gasteiger partial charge in [-0.3, -0.25) is 0 Å². The van der Waals surface area contributed by atoms with Crippen molar-refractivity contribution in [2.45, 2.75) is 31.4 Å². The molecule has 1 atom stereocenters. The third kappa shape index (κ3) is 2.93. The van der Waals surface area contributed by atoms with Crippen molar-refractivity contribution >= 4 is 0 Å². The molecule has 1 aromatic rings. The van der Waals surface area contributed by atoms with E-state index >= 15 is 0 Å². The first-order valence-corrected chi connectivity index (χ1v) is 5.29. The van der Waals surface area contributed by atoms with E-state index < -0.39 is 17.9 Å². The number of nitriles is 1. The van der Waals surface area contributed by atoms with Crippen molar-refractivity contribution in [1.29, 1.82) is 5.26 Å². The molecule has 90 valence electrons. The molecule has 0 aromatic carbocycles. The molecule has 1 aromatic heterocycles. The van der Waals surface area contributed by atoms with E-state index in [1.165, 1.54) is 0 Å². The zero-order valence-corrected chi connectivity index (χ0v) is 8.91. The number of halogens is 3. The third-order valence-corrected chi connectivity index (χ3v) is 2.75. The van der Waals surface area contributed by atoms with E-state index in [0.29, 0.717) is 17.9 Å². The Labute approximate surface area is 96.3 Å². The van der Waals surface area contributed by atoms with Crippen LogP contribution in [0.25, 0.3) is 0 Å². The summed E-state index contributed by atoms with van der Waals surface area (Å²) < 4.78 is 36.7. The Morgan fingerprint density at radius 1 is 1.35 bits per heavy atom. The molecule has 0 N–H and O–H groups in total. The first-order chi connectivity index (χ1) is 8.00. The second-order valence-electron chi connectivity index (χ2n) is 4.20. The van der Waals surface area contributed by atoms with E-state index in [1.54, 1.807) is 0 Å². The molecule has 0 radical (unpaired) electrons. The quantitative estimate of drug-likeness (QED) is 0.817. The van der Waals surface area contributed by atoms with Gasteiger partial charge in [-0.25, -0.2) is 9.97 Å². The second-order valence-corrected chi connectivity index (χ2v) is 4.20. The van der Waals surface area contributed by atoms with Crippen LogP contribution >= 0.6 is 0 Å². The average Bonchev–Trinajstić information content (AvgIpc) is 3.09. The highest BCUT2D eigenvalue weighted by Crippen LogP contribution is 2.38. The van der Waals surface area contributed by atoms with Gasteiger partial charge >= 0.3 is 6.18 Å². The molecule has 17 heavy (non-hydrogen) atoms. The maximum atomic E-state index is 12.2.